The number of thiazole rings is 1. The number of anilines is 1. The highest BCUT2D eigenvalue weighted by molar-refractivity contribution is 7.21. The first-order chi connectivity index (χ1) is 13.1. The van der Waals surface area contributed by atoms with Gasteiger partial charge in [0.15, 0.2) is 0 Å². The molecule has 4 rings (SSSR count). The molecule has 0 saturated carbocycles. The number of amides is 1. The lowest BCUT2D eigenvalue weighted by atomic mass is 10.1. The third-order valence-electron chi connectivity index (χ3n) is 4.38. The van der Waals surface area contributed by atoms with Crippen LogP contribution in [0, 0.1) is 0 Å². The topological polar surface area (TPSA) is 42.0 Å². The van der Waals surface area contributed by atoms with Gasteiger partial charge in [0.1, 0.15) is 5.01 Å². The second-order valence-electron chi connectivity index (χ2n) is 6.19. The maximum atomic E-state index is 12.4. The van der Waals surface area contributed by atoms with Crippen molar-refractivity contribution in [3.05, 3.63) is 82.9 Å². The SMILES string of the molecule is CCc1ccc(C(=O)Nc2ccc(-c3nc4ccccc4s3)c(Cl)c2)cc1. The molecule has 1 N–H and O–H groups in total. The number of benzene rings is 3. The van der Waals surface area contributed by atoms with Crippen molar-refractivity contribution in [3.63, 3.8) is 0 Å². The zero-order valence-electron chi connectivity index (χ0n) is 14.7. The first-order valence-corrected chi connectivity index (χ1v) is 9.89. The maximum Gasteiger partial charge on any atom is 0.255 e. The van der Waals surface area contributed by atoms with E-state index >= 15 is 0 Å². The van der Waals surface area contributed by atoms with E-state index in [4.69, 9.17) is 11.6 Å². The quantitative estimate of drug-likeness (QED) is 0.434. The molecule has 0 aliphatic heterocycles. The van der Waals surface area contributed by atoms with E-state index in [-0.39, 0.29) is 5.91 Å². The summed E-state index contributed by atoms with van der Waals surface area (Å²) in [4.78, 5) is 17.1. The van der Waals surface area contributed by atoms with Crippen molar-refractivity contribution in [2.75, 3.05) is 5.32 Å². The number of carbonyl (C=O) groups is 1. The van der Waals surface area contributed by atoms with Gasteiger partial charge in [-0.2, -0.15) is 0 Å². The standard InChI is InChI=1S/C22H17ClN2OS/c1-2-14-7-9-15(10-8-14)21(26)24-16-11-12-17(18(23)13-16)22-25-19-5-3-4-6-20(19)27-22/h3-13H,2H2,1H3,(H,24,26). The summed E-state index contributed by atoms with van der Waals surface area (Å²) in [7, 11) is 0. The number of fused-ring (bicyclic) bond motifs is 1. The highest BCUT2D eigenvalue weighted by Gasteiger charge is 2.12. The Hall–Kier alpha value is -2.69. The summed E-state index contributed by atoms with van der Waals surface area (Å²) in [6, 6.07) is 21.1. The molecule has 0 bridgehead atoms. The number of aromatic nitrogens is 1. The molecule has 3 nitrogen and oxygen atoms in total. The molecular formula is C22H17ClN2OS. The van der Waals surface area contributed by atoms with Crippen LogP contribution in [0.1, 0.15) is 22.8 Å². The van der Waals surface area contributed by atoms with Gasteiger partial charge in [-0.15, -0.1) is 11.3 Å². The van der Waals surface area contributed by atoms with Gasteiger partial charge in [-0.1, -0.05) is 42.8 Å². The second kappa shape index (κ2) is 7.51. The van der Waals surface area contributed by atoms with Crippen LogP contribution in [0.15, 0.2) is 66.7 Å². The Kier molecular flexibility index (Phi) is 4.92. The van der Waals surface area contributed by atoms with Crippen LogP contribution in [0.25, 0.3) is 20.8 Å². The molecule has 0 saturated heterocycles. The Morgan fingerprint density at radius 2 is 1.85 bits per heavy atom. The van der Waals surface area contributed by atoms with Gasteiger partial charge in [0, 0.05) is 16.8 Å². The van der Waals surface area contributed by atoms with Crippen LogP contribution < -0.4 is 5.32 Å². The van der Waals surface area contributed by atoms with E-state index in [1.807, 2.05) is 60.7 Å². The van der Waals surface area contributed by atoms with Gasteiger partial charge in [0.25, 0.3) is 5.91 Å². The molecule has 0 spiro atoms. The zero-order valence-corrected chi connectivity index (χ0v) is 16.3. The van der Waals surface area contributed by atoms with Gasteiger partial charge in [0.05, 0.1) is 15.2 Å². The summed E-state index contributed by atoms with van der Waals surface area (Å²) in [6.07, 6.45) is 0.949. The fourth-order valence-corrected chi connectivity index (χ4v) is 4.18. The van der Waals surface area contributed by atoms with Crippen LogP contribution in [-0.4, -0.2) is 10.9 Å². The summed E-state index contributed by atoms with van der Waals surface area (Å²) in [5.41, 5.74) is 4.31. The van der Waals surface area contributed by atoms with E-state index in [2.05, 4.69) is 17.2 Å². The normalized spacial score (nSPS) is 10.9. The van der Waals surface area contributed by atoms with Crippen LogP contribution >= 0.6 is 22.9 Å². The van der Waals surface area contributed by atoms with Crippen molar-refractivity contribution in [2.45, 2.75) is 13.3 Å². The first-order valence-electron chi connectivity index (χ1n) is 8.70. The summed E-state index contributed by atoms with van der Waals surface area (Å²) in [5, 5.41) is 4.33. The molecule has 0 atom stereocenters. The average molecular weight is 393 g/mol. The Bertz CT molecular complexity index is 1090. The molecule has 1 heterocycles. The molecule has 5 heteroatoms. The van der Waals surface area contributed by atoms with E-state index in [0.717, 1.165) is 27.2 Å². The van der Waals surface area contributed by atoms with E-state index in [0.29, 0.717) is 16.3 Å². The Morgan fingerprint density at radius 3 is 2.56 bits per heavy atom. The maximum absolute atomic E-state index is 12.4. The predicted octanol–water partition coefficient (Wildman–Crippen LogP) is 6.43. The summed E-state index contributed by atoms with van der Waals surface area (Å²) in [5.74, 6) is -0.151. The monoisotopic (exact) mass is 392 g/mol. The van der Waals surface area contributed by atoms with Gasteiger partial charge >= 0.3 is 0 Å². The number of nitrogens with one attached hydrogen (secondary N) is 1. The smallest absolute Gasteiger partial charge is 0.255 e. The summed E-state index contributed by atoms with van der Waals surface area (Å²) < 4.78 is 1.12. The lowest BCUT2D eigenvalue weighted by Gasteiger charge is -2.08. The third-order valence-corrected chi connectivity index (χ3v) is 5.76. The van der Waals surface area contributed by atoms with E-state index in [1.54, 1.807) is 17.4 Å². The second-order valence-corrected chi connectivity index (χ2v) is 7.62. The number of para-hydroxylation sites is 1. The van der Waals surface area contributed by atoms with Gasteiger partial charge in [-0.05, 0) is 54.4 Å². The van der Waals surface area contributed by atoms with Crippen molar-refractivity contribution in [1.82, 2.24) is 4.98 Å². The van der Waals surface area contributed by atoms with E-state index in [9.17, 15) is 4.79 Å². The van der Waals surface area contributed by atoms with Crippen LogP contribution in [0.3, 0.4) is 0 Å². The largest absolute Gasteiger partial charge is 0.322 e. The van der Waals surface area contributed by atoms with E-state index < -0.39 is 0 Å². The van der Waals surface area contributed by atoms with Gasteiger partial charge in [-0.25, -0.2) is 4.98 Å². The van der Waals surface area contributed by atoms with Crippen molar-refractivity contribution in [2.24, 2.45) is 0 Å². The molecule has 0 aliphatic rings. The number of aryl methyl sites for hydroxylation is 1. The van der Waals surface area contributed by atoms with Crippen molar-refractivity contribution < 1.29 is 4.79 Å². The minimum Gasteiger partial charge on any atom is -0.322 e. The molecular weight excluding hydrogens is 376 g/mol. The molecule has 0 radical (unpaired) electrons. The first kappa shape index (κ1) is 17.7. The Balaban J connectivity index is 1.56. The number of carbonyl (C=O) groups excluding carboxylic acids is 1. The lowest BCUT2D eigenvalue weighted by molar-refractivity contribution is 0.102. The van der Waals surface area contributed by atoms with Gasteiger partial charge in [-0.3, -0.25) is 4.79 Å². The third kappa shape index (κ3) is 3.72. The summed E-state index contributed by atoms with van der Waals surface area (Å²) in [6.45, 7) is 2.09. The molecule has 0 fully saturated rings. The molecule has 134 valence electrons. The average Bonchev–Trinajstić information content (AvgIpc) is 3.12. The van der Waals surface area contributed by atoms with Crippen LogP contribution in [0.4, 0.5) is 5.69 Å². The molecule has 1 aromatic heterocycles. The minimum atomic E-state index is -0.151. The lowest BCUT2D eigenvalue weighted by Crippen LogP contribution is -2.11. The highest BCUT2D eigenvalue weighted by atomic mass is 35.5. The predicted molar refractivity (Wildman–Crippen MR) is 114 cm³/mol. The van der Waals surface area contributed by atoms with Crippen molar-refractivity contribution in [3.8, 4) is 10.6 Å². The van der Waals surface area contributed by atoms with E-state index in [1.165, 1.54) is 5.56 Å². The number of hydrogen-bond donors (Lipinski definition) is 1. The van der Waals surface area contributed by atoms with Gasteiger partial charge in [0.2, 0.25) is 0 Å². The Labute approximate surface area is 166 Å². The fraction of sp³-hybridized carbons (Fsp3) is 0.0909. The molecule has 1 amide bonds. The molecule has 0 unspecified atom stereocenters. The number of rotatable bonds is 4. The number of halogens is 1. The van der Waals surface area contributed by atoms with Gasteiger partial charge < -0.3 is 5.32 Å². The molecule has 4 aromatic rings. The van der Waals surface area contributed by atoms with Crippen molar-refractivity contribution in [1.29, 1.82) is 0 Å². The number of nitrogens with zero attached hydrogens (tertiary/aromatic N) is 1. The highest BCUT2D eigenvalue weighted by Crippen LogP contribution is 2.35. The number of hydrogen-bond acceptors (Lipinski definition) is 3. The fourth-order valence-electron chi connectivity index (χ4n) is 2.85. The van der Waals surface area contributed by atoms with Crippen molar-refractivity contribution >= 4 is 44.7 Å². The molecule has 27 heavy (non-hydrogen) atoms. The van der Waals surface area contributed by atoms with Crippen LogP contribution in [0.2, 0.25) is 5.02 Å². The van der Waals surface area contributed by atoms with Crippen LogP contribution in [0.5, 0.6) is 0 Å². The molecule has 0 aliphatic carbocycles. The summed E-state index contributed by atoms with van der Waals surface area (Å²) >= 11 is 8.08. The molecule has 3 aromatic carbocycles. The Morgan fingerprint density at radius 1 is 1.07 bits per heavy atom. The minimum absolute atomic E-state index is 0.151. The van der Waals surface area contributed by atoms with Crippen LogP contribution in [-0.2, 0) is 6.42 Å². The zero-order chi connectivity index (χ0) is 18.8.